The van der Waals surface area contributed by atoms with Crippen LogP contribution in [0.25, 0.3) is 0 Å². The molecule has 0 amide bonds. The highest BCUT2D eigenvalue weighted by Gasteiger charge is 2.14. The molecule has 3 heteroatoms. The molecule has 0 aliphatic carbocycles. The predicted molar refractivity (Wildman–Crippen MR) is 84.8 cm³/mol. The first kappa shape index (κ1) is 14.9. The maximum atomic E-state index is 6.23. The third kappa shape index (κ3) is 3.14. The summed E-state index contributed by atoms with van der Waals surface area (Å²) in [6.07, 6.45) is 0. The molecule has 2 aromatic carbocycles. The molecule has 0 radical (unpaired) electrons. The molecule has 0 spiro atoms. The second-order valence-electron chi connectivity index (χ2n) is 5.04. The van der Waals surface area contributed by atoms with Crippen molar-refractivity contribution in [1.29, 1.82) is 0 Å². The van der Waals surface area contributed by atoms with Crippen LogP contribution in [0.1, 0.15) is 28.3 Å². The van der Waals surface area contributed by atoms with Crippen molar-refractivity contribution >= 4 is 11.6 Å². The maximum Gasteiger partial charge on any atom is 0.137 e. The summed E-state index contributed by atoms with van der Waals surface area (Å²) in [4.78, 5) is 0. The van der Waals surface area contributed by atoms with Crippen molar-refractivity contribution in [2.24, 2.45) is 0 Å². The van der Waals surface area contributed by atoms with Crippen molar-refractivity contribution in [1.82, 2.24) is 5.32 Å². The molecule has 1 atom stereocenters. The van der Waals surface area contributed by atoms with Crippen molar-refractivity contribution in [2.75, 3.05) is 14.2 Å². The smallest absolute Gasteiger partial charge is 0.137 e. The lowest BCUT2D eigenvalue weighted by molar-refractivity contribution is 0.414. The van der Waals surface area contributed by atoms with Gasteiger partial charge in [0.05, 0.1) is 18.2 Å². The van der Waals surface area contributed by atoms with Gasteiger partial charge in [0, 0.05) is 0 Å². The minimum Gasteiger partial charge on any atom is -0.495 e. The van der Waals surface area contributed by atoms with E-state index in [1.165, 1.54) is 16.7 Å². The Morgan fingerprint density at radius 2 is 1.65 bits per heavy atom. The van der Waals surface area contributed by atoms with Crippen LogP contribution in [0.15, 0.2) is 36.4 Å². The Bertz CT molecular complexity index is 590. The van der Waals surface area contributed by atoms with Gasteiger partial charge in [-0.15, -0.1) is 0 Å². The van der Waals surface area contributed by atoms with Crippen LogP contribution >= 0.6 is 11.6 Å². The number of benzene rings is 2. The molecule has 0 aromatic heterocycles. The maximum absolute atomic E-state index is 6.23. The monoisotopic (exact) mass is 289 g/mol. The van der Waals surface area contributed by atoms with Gasteiger partial charge in [0.2, 0.25) is 0 Å². The van der Waals surface area contributed by atoms with E-state index in [0.29, 0.717) is 10.8 Å². The zero-order chi connectivity index (χ0) is 14.7. The Balaban J connectivity index is 2.44. The molecule has 106 valence electrons. The average Bonchev–Trinajstić information content (AvgIpc) is 2.38. The number of hydrogen-bond acceptors (Lipinski definition) is 2. The van der Waals surface area contributed by atoms with Gasteiger partial charge in [0.1, 0.15) is 5.75 Å². The van der Waals surface area contributed by atoms with E-state index in [0.717, 1.165) is 5.56 Å². The molecular weight excluding hydrogens is 270 g/mol. The van der Waals surface area contributed by atoms with E-state index >= 15 is 0 Å². The first-order chi connectivity index (χ1) is 9.55. The second-order valence-corrected chi connectivity index (χ2v) is 5.44. The lowest BCUT2D eigenvalue weighted by atomic mass is 9.95. The van der Waals surface area contributed by atoms with Gasteiger partial charge in [0.25, 0.3) is 0 Å². The van der Waals surface area contributed by atoms with E-state index in [9.17, 15) is 0 Å². The molecule has 2 rings (SSSR count). The number of nitrogens with one attached hydrogen (secondary N) is 1. The van der Waals surface area contributed by atoms with Crippen LogP contribution in [0.2, 0.25) is 5.02 Å². The van der Waals surface area contributed by atoms with Crippen molar-refractivity contribution < 1.29 is 4.74 Å². The van der Waals surface area contributed by atoms with Crippen LogP contribution in [0.3, 0.4) is 0 Å². The first-order valence-corrected chi connectivity index (χ1v) is 7.02. The van der Waals surface area contributed by atoms with Crippen LogP contribution in [0.4, 0.5) is 0 Å². The average molecular weight is 290 g/mol. The Morgan fingerprint density at radius 1 is 1.00 bits per heavy atom. The molecule has 0 bridgehead atoms. The minimum absolute atomic E-state index is 0.122. The fraction of sp³-hybridized carbons (Fsp3) is 0.294. The van der Waals surface area contributed by atoms with Crippen LogP contribution < -0.4 is 10.1 Å². The molecule has 0 saturated heterocycles. The molecule has 1 unspecified atom stereocenters. The van der Waals surface area contributed by atoms with Crippen molar-refractivity contribution in [3.05, 3.63) is 63.7 Å². The van der Waals surface area contributed by atoms with Crippen LogP contribution in [0, 0.1) is 13.8 Å². The first-order valence-electron chi connectivity index (χ1n) is 6.64. The van der Waals surface area contributed by atoms with E-state index in [-0.39, 0.29) is 6.04 Å². The summed E-state index contributed by atoms with van der Waals surface area (Å²) < 4.78 is 5.20. The Morgan fingerprint density at radius 3 is 2.15 bits per heavy atom. The summed E-state index contributed by atoms with van der Waals surface area (Å²) in [5, 5.41) is 3.99. The summed E-state index contributed by atoms with van der Waals surface area (Å²) in [6, 6.07) is 12.6. The van der Waals surface area contributed by atoms with Crippen molar-refractivity contribution in [3.63, 3.8) is 0 Å². The number of aryl methyl sites for hydroxylation is 2. The topological polar surface area (TPSA) is 21.3 Å². The third-order valence-electron chi connectivity index (χ3n) is 3.38. The largest absolute Gasteiger partial charge is 0.495 e. The summed E-state index contributed by atoms with van der Waals surface area (Å²) in [5.74, 6) is 0.700. The fourth-order valence-corrected chi connectivity index (χ4v) is 2.83. The number of rotatable bonds is 4. The van der Waals surface area contributed by atoms with Gasteiger partial charge < -0.3 is 10.1 Å². The molecule has 2 nitrogen and oxygen atoms in total. The standard InChI is InChI=1S/C17H20ClNO/c1-11-7-12(2)9-14(8-11)17(19-3)13-5-6-16(20-4)15(18)10-13/h5-10,17,19H,1-4H3. The minimum atomic E-state index is 0.122. The van der Waals surface area contributed by atoms with Gasteiger partial charge in [-0.1, -0.05) is 47.0 Å². The van der Waals surface area contributed by atoms with E-state index < -0.39 is 0 Å². The van der Waals surface area contributed by atoms with Crippen LogP contribution in [-0.4, -0.2) is 14.2 Å². The molecule has 0 heterocycles. The summed E-state index contributed by atoms with van der Waals surface area (Å²) in [7, 11) is 3.58. The normalized spacial score (nSPS) is 12.2. The summed E-state index contributed by atoms with van der Waals surface area (Å²) in [6.45, 7) is 4.23. The second kappa shape index (κ2) is 6.29. The van der Waals surface area contributed by atoms with Gasteiger partial charge in [0.15, 0.2) is 0 Å². The van der Waals surface area contributed by atoms with Gasteiger partial charge in [-0.05, 0) is 44.2 Å². The van der Waals surface area contributed by atoms with Crippen molar-refractivity contribution in [2.45, 2.75) is 19.9 Å². The highest BCUT2D eigenvalue weighted by Crippen LogP contribution is 2.30. The summed E-state index contributed by atoms with van der Waals surface area (Å²) in [5.41, 5.74) is 4.90. The Labute approximate surface area is 125 Å². The quantitative estimate of drug-likeness (QED) is 0.907. The van der Waals surface area contributed by atoms with E-state index in [1.807, 2.05) is 25.2 Å². The molecule has 0 saturated carbocycles. The lowest BCUT2D eigenvalue weighted by Gasteiger charge is -2.19. The molecule has 20 heavy (non-hydrogen) atoms. The zero-order valence-corrected chi connectivity index (χ0v) is 13.1. The third-order valence-corrected chi connectivity index (χ3v) is 3.67. The molecular formula is C17H20ClNO. The predicted octanol–water partition coefficient (Wildman–Crippen LogP) is 4.27. The number of ether oxygens (including phenoxy) is 1. The molecule has 0 aliphatic heterocycles. The molecule has 1 N–H and O–H groups in total. The zero-order valence-electron chi connectivity index (χ0n) is 12.3. The number of hydrogen-bond donors (Lipinski definition) is 1. The van der Waals surface area contributed by atoms with E-state index in [1.54, 1.807) is 7.11 Å². The molecule has 2 aromatic rings. The van der Waals surface area contributed by atoms with E-state index in [4.69, 9.17) is 16.3 Å². The van der Waals surface area contributed by atoms with Crippen molar-refractivity contribution in [3.8, 4) is 5.75 Å². The van der Waals surface area contributed by atoms with Crippen LogP contribution in [-0.2, 0) is 0 Å². The Hall–Kier alpha value is -1.51. The van der Waals surface area contributed by atoms with Gasteiger partial charge in [-0.25, -0.2) is 0 Å². The number of halogens is 1. The Kier molecular flexibility index (Phi) is 4.69. The molecule has 0 fully saturated rings. The van der Waals surface area contributed by atoms with Gasteiger partial charge in [-0.2, -0.15) is 0 Å². The van der Waals surface area contributed by atoms with E-state index in [2.05, 4.69) is 37.4 Å². The highest BCUT2D eigenvalue weighted by molar-refractivity contribution is 6.32. The SMILES string of the molecule is CNC(c1cc(C)cc(C)c1)c1ccc(OC)c(Cl)c1. The lowest BCUT2D eigenvalue weighted by Crippen LogP contribution is -2.18. The van der Waals surface area contributed by atoms with Crippen LogP contribution in [0.5, 0.6) is 5.75 Å². The van der Waals surface area contributed by atoms with Gasteiger partial charge in [-0.3, -0.25) is 0 Å². The molecule has 0 aliphatic rings. The fourth-order valence-electron chi connectivity index (χ4n) is 2.56. The summed E-state index contributed by atoms with van der Waals surface area (Å²) >= 11 is 6.23. The number of methoxy groups -OCH3 is 1. The highest BCUT2D eigenvalue weighted by atomic mass is 35.5. The van der Waals surface area contributed by atoms with Gasteiger partial charge >= 0.3 is 0 Å².